The molecule has 2 unspecified atom stereocenters. The Kier molecular flexibility index (Phi) is 11.3. The molecular formula is C22H37IN4O2. The van der Waals surface area contributed by atoms with E-state index < -0.39 is 0 Å². The lowest BCUT2D eigenvalue weighted by Gasteiger charge is -2.27. The Morgan fingerprint density at radius 1 is 1.21 bits per heavy atom. The Balaban J connectivity index is 0.00000300. The van der Waals surface area contributed by atoms with Gasteiger partial charge in [0.15, 0.2) is 5.96 Å². The van der Waals surface area contributed by atoms with Crippen LogP contribution in [0.1, 0.15) is 24.8 Å². The van der Waals surface area contributed by atoms with Gasteiger partial charge in [-0.05, 0) is 31.4 Å². The van der Waals surface area contributed by atoms with Crippen LogP contribution in [-0.2, 0) is 16.1 Å². The van der Waals surface area contributed by atoms with Crippen LogP contribution in [0, 0.1) is 5.92 Å². The predicted molar refractivity (Wildman–Crippen MR) is 129 cm³/mol. The number of ether oxygens (including phenoxy) is 2. The second-order valence-electron chi connectivity index (χ2n) is 7.85. The standard InChI is InChI=1S/C22H36N4O2.HI/c1-23-22(24-15-21-9-6-11-25(21)13-14-27-2)26-12-10-20(16-26)18-28-17-19-7-4-3-5-8-19;/h3-5,7-8,20-21H,6,9-18H2,1-2H3,(H,23,24);1H. The van der Waals surface area contributed by atoms with E-state index in [0.29, 0.717) is 18.6 Å². The van der Waals surface area contributed by atoms with Gasteiger partial charge in [-0.25, -0.2) is 0 Å². The van der Waals surface area contributed by atoms with E-state index in [2.05, 4.69) is 44.4 Å². The van der Waals surface area contributed by atoms with E-state index in [1.165, 1.54) is 31.4 Å². The highest BCUT2D eigenvalue weighted by Crippen LogP contribution is 2.19. The van der Waals surface area contributed by atoms with E-state index in [0.717, 1.165) is 45.4 Å². The van der Waals surface area contributed by atoms with E-state index in [-0.39, 0.29) is 24.0 Å². The Hall–Kier alpha value is -0.900. The predicted octanol–water partition coefficient (Wildman–Crippen LogP) is 2.83. The summed E-state index contributed by atoms with van der Waals surface area (Å²) < 4.78 is 11.2. The van der Waals surface area contributed by atoms with Crippen LogP contribution in [0.15, 0.2) is 35.3 Å². The van der Waals surface area contributed by atoms with Crippen LogP contribution in [-0.4, -0.2) is 81.9 Å². The van der Waals surface area contributed by atoms with Crippen LogP contribution in [0.5, 0.6) is 0 Å². The molecule has 29 heavy (non-hydrogen) atoms. The lowest BCUT2D eigenvalue weighted by atomic mass is 10.1. The van der Waals surface area contributed by atoms with Gasteiger partial charge in [0, 0.05) is 52.3 Å². The summed E-state index contributed by atoms with van der Waals surface area (Å²) in [5.74, 6) is 1.61. The first-order valence-electron chi connectivity index (χ1n) is 10.6. The minimum atomic E-state index is 0. The molecule has 2 atom stereocenters. The van der Waals surface area contributed by atoms with Crippen molar-refractivity contribution in [2.45, 2.75) is 31.9 Å². The molecule has 0 amide bonds. The number of aliphatic imine (C=N–C) groups is 1. The molecule has 7 heteroatoms. The maximum Gasteiger partial charge on any atom is 0.193 e. The number of likely N-dealkylation sites (tertiary alicyclic amines) is 2. The van der Waals surface area contributed by atoms with E-state index in [4.69, 9.17) is 9.47 Å². The highest BCUT2D eigenvalue weighted by molar-refractivity contribution is 14.0. The highest BCUT2D eigenvalue weighted by atomic mass is 127. The fraction of sp³-hybridized carbons (Fsp3) is 0.682. The van der Waals surface area contributed by atoms with Gasteiger partial charge >= 0.3 is 0 Å². The first-order valence-corrected chi connectivity index (χ1v) is 10.6. The summed E-state index contributed by atoms with van der Waals surface area (Å²) in [4.78, 5) is 9.44. The van der Waals surface area contributed by atoms with Crippen molar-refractivity contribution in [3.63, 3.8) is 0 Å². The van der Waals surface area contributed by atoms with Gasteiger partial charge in [-0.1, -0.05) is 30.3 Å². The summed E-state index contributed by atoms with van der Waals surface area (Å²) in [6.07, 6.45) is 3.70. The first kappa shape index (κ1) is 24.4. The fourth-order valence-corrected chi connectivity index (χ4v) is 4.25. The van der Waals surface area contributed by atoms with Gasteiger partial charge in [0.1, 0.15) is 0 Å². The molecule has 2 heterocycles. The van der Waals surface area contributed by atoms with Gasteiger partial charge < -0.3 is 19.7 Å². The molecule has 0 aliphatic carbocycles. The second-order valence-corrected chi connectivity index (χ2v) is 7.85. The monoisotopic (exact) mass is 516 g/mol. The molecule has 2 saturated heterocycles. The topological polar surface area (TPSA) is 49.3 Å². The third-order valence-corrected chi connectivity index (χ3v) is 5.84. The van der Waals surface area contributed by atoms with Crippen molar-refractivity contribution in [1.82, 2.24) is 15.1 Å². The van der Waals surface area contributed by atoms with Crippen LogP contribution >= 0.6 is 24.0 Å². The average Bonchev–Trinajstić information content (AvgIpc) is 3.37. The SMILES string of the molecule is CN=C(NCC1CCCN1CCOC)N1CCC(COCc2ccccc2)C1.I. The summed E-state index contributed by atoms with van der Waals surface area (Å²) in [6, 6.07) is 11.0. The molecule has 1 aromatic rings. The van der Waals surface area contributed by atoms with Crippen LogP contribution in [0.25, 0.3) is 0 Å². The average molecular weight is 516 g/mol. The number of nitrogens with zero attached hydrogens (tertiary/aromatic N) is 3. The molecule has 0 spiro atoms. The maximum atomic E-state index is 5.95. The molecule has 0 saturated carbocycles. The summed E-state index contributed by atoms with van der Waals surface area (Å²) in [6.45, 7) is 7.55. The van der Waals surface area contributed by atoms with Crippen molar-refractivity contribution >= 4 is 29.9 Å². The number of hydrogen-bond donors (Lipinski definition) is 1. The summed E-state index contributed by atoms with van der Waals surface area (Å²) in [5, 5.41) is 3.61. The zero-order chi connectivity index (χ0) is 19.6. The van der Waals surface area contributed by atoms with Crippen LogP contribution in [0.4, 0.5) is 0 Å². The number of benzene rings is 1. The van der Waals surface area contributed by atoms with Crippen molar-refractivity contribution in [3.05, 3.63) is 35.9 Å². The zero-order valence-electron chi connectivity index (χ0n) is 17.9. The fourth-order valence-electron chi connectivity index (χ4n) is 4.25. The van der Waals surface area contributed by atoms with Gasteiger partial charge in [0.05, 0.1) is 19.8 Å². The van der Waals surface area contributed by atoms with Gasteiger partial charge in [0.25, 0.3) is 0 Å². The molecule has 1 aromatic carbocycles. The Bertz CT molecular complexity index is 602. The Labute approximate surface area is 193 Å². The molecule has 0 aromatic heterocycles. The van der Waals surface area contributed by atoms with Crippen LogP contribution in [0.2, 0.25) is 0 Å². The molecule has 164 valence electrons. The van der Waals surface area contributed by atoms with Gasteiger partial charge in [0.2, 0.25) is 0 Å². The Morgan fingerprint density at radius 2 is 2.03 bits per heavy atom. The van der Waals surface area contributed by atoms with Crippen molar-refractivity contribution in [2.24, 2.45) is 10.9 Å². The Morgan fingerprint density at radius 3 is 2.79 bits per heavy atom. The number of nitrogens with one attached hydrogen (secondary N) is 1. The van der Waals surface area contributed by atoms with Crippen LogP contribution in [0.3, 0.4) is 0 Å². The van der Waals surface area contributed by atoms with Gasteiger partial charge in [-0.3, -0.25) is 9.89 Å². The molecule has 0 radical (unpaired) electrons. The van der Waals surface area contributed by atoms with Gasteiger partial charge in [-0.2, -0.15) is 0 Å². The van der Waals surface area contributed by atoms with Crippen molar-refractivity contribution in [2.75, 3.05) is 60.1 Å². The highest BCUT2D eigenvalue weighted by Gasteiger charge is 2.27. The van der Waals surface area contributed by atoms with E-state index >= 15 is 0 Å². The number of hydrogen-bond acceptors (Lipinski definition) is 4. The molecule has 3 rings (SSSR count). The van der Waals surface area contributed by atoms with E-state index in [1.807, 2.05) is 13.1 Å². The van der Waals surface area contributed by atoms with Crippen molar-refractivity contribution in [1.29, 1.82) is 0 Å². The molecule has 6 nitrogen and oxygen atoms in total. The normalized spacial score (nSPS) is 22.7. The first-order chi connectivity index (χ1) is 13.8. The molecule has 2 aliphatic rings. The third-order valence-electron chi connectivity index (χ3n) is 5.84. The lowest BCUT2D eigenvalue weighted by Crippen LogP contribution is -2.46. The zero-order valence-corrected chi connectivity index (χ0v) is 20.2. The summed E-state index contributed by atoms with van der Waals surface area (Å²) in [5.41, 5.74) is 1.24. The number of halogens is 1. The number of guanidine groups is 1. The molecule has 0 bridgehead atoms. The molecule has 2 fully saturated rings. The minimum Gasteiger partial charge on any atom is -0.383 e. The maximum absolute atomic E-state index is 5.95. The van der Waals surface area contributed by atoms with Gasteiger partial charge in [-0.15, -0.1) is 24.0 Å². The quantitative estimate of drug-likeness (QED) is 0.311. The molecule has 1 N–H and O–H groups in total. The van der Waals surface area contributed by atoms with E-state index in [1.54, 1.807) is 7.11 Å². The second kappa shape index (κ2) is 13.4. The molecule has 2 aliphatic heterocycles. The van der Waals surface area contributed by atoms with Crippen molar-refractivity contribution < 1.29 is 9.47 Å². The lowest BCUT2D eigenvalue weighted by molar-refractivity contribution is 0.0906. The smallest absolute Gasteiger partial charge is 0.193 e. The van der Waals surface area contributed by atoms with Crippen molar-refractivity contribution in [3.8, 4) is 0 Å². The summed E-state index contributed by atoms with van der Waals surface area (Å²) >= 11 is 0. The summed E-state index contributed by atoms with van der Waals surface area (Å²) in [7, 11) is 3.66. The number of methoxy groups -OCH3 is 1. The third kappa shape index (κ3) is 7.70. The largest absolute Gasteiger partial charge is 0.383 e. The molecular weight excluding hydrogens is 479 g/mol. The number of rotatable bonds is 9. The van der Waals surface area contributed by atoms with E-state index in [9.17, 15) is 0 Å². The minimum absolute atomic E-state index is 0. The van der Waals surface area contributed by atoms with Crippen LogP contribution < -0.4 is 5.32 Å².